The zero-order valence-electron chi connectivity index (χ0n) is 31.7. The molecule has 5 aromatic carbocycles. The fourth-order valence-electron chi connectivity index (χ4n) is 7.42. The first-order valence-corrected chi connectivity index (χ1v) is 18.1. The zero-order valence-corrected chi connectivity index (χ0v) is 34.8. The fourth-order valence-corrected chi connectivity index (χ4v) is 7.42. The molecule has 2 aliphatic rings. The summed E-state index contributed by atoms with van der Waals surface area (Å²) in [5, 5.41) is 1.99. The quantitative estimate of drug-likeness (QED) is 0.110. The largest absolute Gasteiger partial charge is 0.504 e. The summed E-state index contributed by atoms with van der Waals surface area (Å²) in [7, 11) is 7.96. The number of aromatic nitrogens is 3. The second kappa shape index (κ2) is 15.8. The van der Waals surface area contributed by atoms with Gasteiger partial charge in [0.25, 0.3) is 0 Å². The maximum absolute atomic E-state index is 6.52. The predicted molar refractivity (Wildman–Crippen MR) is 222 cm³/mol. The molecule has 296 valence electrons. The van der Waals surface area contributed by atoms with Crippen molar-refractivity contribution in [2.24, 2.45) is 0 Å². The first-order chi connectivity index (χ1) is 27.4. The molecule has 12 heteroatoms. The van der Waals surface area contributed by atoms with E-state index < -0.39 is 0 Å². The van der Waals surface area contributed by atoms with Gasteiger partial charge in [-0.2, -0.15) is 54.1 Å². The van der Waals surface area contributed by atoms with Crippen molar-refractivity contribution in [1.82, 2.24) is 14.5 Å². The Morgan fingerprint density at radius 1 is 0.534 bits per heavy atom. The summed E-state index contributed by atoms with van der Waals surface area (Å²) in [6.45, 7) is 4.16. The molecule has 0 saturated heterocycles. The van der Waals surface area contributed by atoms with Crippen LogP contribution in [-0.2, 0) is 40.8 Å². The van der Waals surface area contributed by atoms with Crippen LogP contribution in [-0.4, -0.2) is 42.7 Å². The number of rotatable bonds is 8. The summed E-state index contributed by atoms with van der Waals surface area (Å²) in [6.07, 6.45) is 3.39. The minimum Gasteiger partial charge on any atom is -0.504 e. The number of ether oxygens (including phenoxy) is 2. The van der Waals surface area contributed by atoms with Crippen molar-refractivity contribution in [3.63, 3.8) is 0 Å². The number of anilines is 7. The van der Waals surface area contributed by atoms with Crippen LogP contribution in [0.5, 0.6) is 23.3 Å². The summed E-state index contributed by atoms with van der Waals surface area (Å²) in [4.78, 5) is 19.4. The molecule has 10 rings (SSSR count). The summed E-state index contributed by atoms with van der Waals surface area (Å²) in [6, 6.07) is 51.1. The molecule has 2 aliphatic heterocycles. The molecule has 0 saturated carbocycles. The van der Waals surface area contributed by atoms with Gasteiger partial charge in [0.2, 0.25) is 11.8 Å². The van der Waals surface area contributed by atoms with E-state index in [-0.39, 0.29) is 40.8 Å². The Kier molecular flexibility index (Phi) is 10.6. The second-order valence-corrected chi connectivity index (χ2v) is 13.8. The zero-order chi connectivity index (χ0) is 37.9. The summed E-state index contributed by atoms with van der Waals surface area (Å²) >= 11 is 0. The van der Waals surface area contributed by atoms with E-state index in [2.05, 4.69) is 159 Å². The molecule has 10 nitrogen and oxygen atoms in total. The Hall–Kier alpha value is -5.88. The van der Waals surface area contributed by atoms with E-state index in [1.807, 2.05) is 55.4 Å². The van der Waals surface area contributed by atoms with Crippen molar-refractivity contribution in [1.29, 1.82) is 0 Å². The van der Waals surface area contributed by atoms with Gasteiger partial charge in [-0.05, 0) is 64.6 Å². The van der Waals surface area contributed by atoms with E-state index >= 15 is 0 Å². The van der Waals surface area contributed by atoms with Gasteiger partial charge in [-0.25, -0.2) is 9.97 Å². The van der Waals surface area contributed by atoms with E-state index in [9.17, 15) is 0 Å². The van der Waals surface area contributed by atoms with Gasteiger partial charge in [0.05, 0.1) is 0 Å². The molecule has 0 atom stereocenters. The minimum absolute atomic E-state index is 0. The Labute approximate surface area is 365 Å². The topological polar surface area (TPSA) is 65.4 Å². The Morgan fingerprint density at radius 3 is 1.38 bits per heavy atom. The fraction of sp³-hybridized carbons (Fsp3) is 0.0870. The molecule has 0 amide bonds. The monoisotopic (exact) mass is 942 g/mol. The van der Waals surface area contributed by atoms with Crippen LogP contribution in [0.1, 0.15) is 0 Å². The standard InChI is InChI=1S/C46H34N8O2.2Pd/c1-49(2)46-42(55-44-17-9-11-23-47-44)27-33(28-43(46)56-45-18-10-12-24-48-45)54-40-25-31(52-29-50(3)36-13-5-7-15-38(36)52)19-21-34(40)35-22-20-32(26-41(35)54)53-30-51(4)37-14-6-8-16-39(37)53;;/h5-24,29-30H,1-4H3;;/q-6;;. The molecular weight excluding hydrogens is 909 g/mol. The van der Waals surface area contributed by atoms with Crippen molar-refractivity contribution in [2.45, 2.75) is 0 Å². The summed E-state index contributed by atoms with van der Waals surface area (Å²) in [5.41, 5.74) is 8.90. The molecule has 0 bridgehead atoms. The molecule has 0 fully saturated rings. The number of para-hydroxylation sites is 4. The molecule has 0 unspecified atom stereocenters. The Morgan fingerprint density at radius 2 is 0.966 bits per heavy atom. The number of hydrogen-bond acceptors (Lipinski definition) is 9. The first kappa shape index (κ1) is 39.0. The Bertz CT molecular complexity index is 2580. The number of fused-ring (bicyclic) bond motifs is 5. The maximum atomic E-state index is 6.52. The smallest absolute Gasteiger partial charge is 0.214 e. The van der Waals surface area contributed by atoms with Gasteiger partial charge in [0.15, 0.2) is 0 Å². The van der Waals surface area contributed by atoms with Crippen molar-refractivity contribution in [3.8, 4) is 28.9 Å². The van der Waals surface area contributed by atoms with Crippen molar-refractivity contribution in [2.75, 3.05) is 52.7 Å². The number of pyridine rings is 2. The molecular formula is C46H34N8O2Pd2-6. The SMILES string of the molecule is CN(C)c1c(Oc2ccccn2)[c-]c(-n2c3[c-]c(N4[CH-]N(C)c5ccccc54)ccc3c3ccc(N4[CH-]N(C)c5ccccc54)[c-]c32)[c-]c1Oc1ccccn1.[Pd].[Pd]. The van der Waals surface area contributed by atoms with Crippen LogP contribution in [0.15, 0.2) is 122 Å². The van der Waals surface area contributed by atoms with Crippen LogP contribution in [0, 0.1) is 37.6 Å². The van der Waals surface area contributed by atoms with E-state index in [1.165, 1.54) is 0 Å². The van der Waals surface area contributed by atoms with Gasteiger partial charge in [0, 0.05) is 88.1 Å². The van der Waals surface area contributed by atoms with Crippen LogP contribution < -0.4 is 34.0 Å². The van der Waals surface area contributed by atoms with E-state index in [4.69, 9.17) is 9.47 Å². The molecule has 3 aromatic heterocycles. The normalized spacial score (nSPS) is 13.0. The van der Waals surface area contributed by atoms with Crippen LogP contribution in [0.4, 0.5) is 39.8 Å². The van der Waals surface area contributed by atoms with Crippen LogP contribution in [0.25, 0.3) is 27.5 Å². The molecule has 0 spiro atoms. The van der Waals surface area contributed by atoms with E-state index in [0.717, 1.165) is 55.9 Å². The van der Waals surface area contributed by atoms with Crippen LogP contribution in [0.2, 0.25) is 0 Å². The molecule has 0 N–H and O–H groups in total. The second-order valence-electron chi connectivity index (χ2n) is 13.8. The van der Waals surface area contributed by atoms with Gasteiger partial charge in [-0.3, -0.25) is 12.1 Å². The summed E-state index contributed by atoms with van der Waals surface area (Å²) in [5.74, 6) is 1.64. The molecule has 0 radical (unpaired) electrons. The number of nitrogens with zero attached hydrogens (tertiary/aromatic N) is 8. The number of benzene rings is 5. The molecule has 5 heterocycles. The van der Waals surface area contributed by atoms with E-state index in [1.54, 1.807) is 12.4 Å². The third-order valence-corrected chi connectivity index (χ3v) is 9.95. The van der Waals surface area contributed by atoms with Crippen molar-refractivity contribution >= 4 is 61.6 Å². The molecule has 58 heavy (non-hydrogen) atoms. The van der Waals surface area contributed by atoms with Gasteiger partial charge in [-0.15, -0.1) is 29.2 Å². The summed E-state index contributed by atoms with van der Waals surface area (Å²) < 4.78 is 15.1. The maximum Gasteiger partial charge on any atom is 0.214 e. The van der Waals surface area contributed by atoms with Gasteiger partial charge >= 0.3 is 0 Å². The Balaban J connectivity index is 0.00000235. The third kappa shape index (κ3) is 6.72. The van der Waals surface area contributed by atoms with Gasteiger partial charge in [-0.1, -0.05) is 58.9 Å². The number of hydrogen-bond donors (Lipinski definition) is 0. The van der Waals surface area contributed by atoms with Crippen molar-refractivity contribution < 1.29 is 50.3 Å². The van der Waals surface area contributed by atoms with Crippen LogP contribution in [0.3, 0.4) is 0 Å². The molecule has 8 aromatic rings. The minimum atomic E-state index is 0. The average molecular weight is 944 g/mol. The van der Waals surface area contributed by atoms with E-state index in [0.29, 0.717) is 34.6 Å². The van der Waals surface area contributed by atoms with Gasteiger partial charge < -0.3 is 38.5 Å². The van der Waals surface area contributed by atoms with Crippen LogP contribution >= 0.6 is 0 Å². The van der Waals surface area contributed by atoms with Crippen molar-refractivity contribution in [3.05, 3.63) is 159 Å². The molecule has 0 aliphatic carbocycles. The third-order valence-electron chi connectivity index (χ3n) is 9.95. The first-order valence-electron chi connectivity index (χ1n) is 18.1. The predicted octanol–water partition coefficient (Wildman–Crippen LogP) is 9.83. The average Bonchev–Trinajstić information content (AvgIpc) is 3.86. The van der Waals surface area contributed by atoms with Gasteiger partial charge in [0.1, 0.15) is 0 Å².